The van der Waals surface area contributed by atoms with Crippen LogP contribution in [0.5, 0.6) is 0 Å². The molecule has 5 nitrogen and oxygen atoms in total. The molecule has 1 unspecified atom stereocenters. The molecule has 2 amide bonds. The number of hydrogen-bond acceptors (Lipinski definition) is 3. The number of likely N-dealkylation sites (N-methyl/N-ethyl adjacent to an activating group) is 1. The largest absolute Gasteiger partial charge is 0.350 e. The van der Waals surface area contributed by atoms with Crippen LogP contribution < -0.4 is 5.32 Å². The number of nitrogens with zero attached hydrogens (tertiary/aromatic N) is 2. The van der Waals surface area contributed by atoms with Crippen LogP contribution in [0.1, 0.15) is 40.5 Å². The van der Waals surface area contributed by atoms with Crippen LogP contribution in [0.15, 0.2) is 48.5 Å². The molecule has 0 saturated carbocycles. The second kappa shape index (κ2) is 9.02. The lowest BCUT2D eigenvalue weighted by molar-refractivity contribution is 0.0828. The van der Waals surface area contributed by atoms with Crippen LogP contribution in [0.4, 0.5) is 0 Å². The molecule has 2 aromatic carbocycles. The van der Waals surface area contributed by atoms with Crippen LogP contribution in [0.3, 0.4) is 0 Å². The number of carbonyl (C=O) groups is 2. The summed E-state index contributed by atoms with van der Waals surface area (Å²) in [5.74, 6) is -0.0818. The lowest BCUT2D eigenvalue weighted by Crippen LogP contribution is -2.40. The zero-order valence-electron chi connectivity index (χ0n) is 16.9. The Labute approximate surface area is 167 Å². The summed E-state index contributed by atoms with van der Waals surface area (Å²) >= 11 is 0. The van der Waals surface area contributed by atoms with E-state index < -0.39 is 0 Å². The van der Waals surface area contributed by atoms with Gasteiger partial charge in [-0.2, -0.15) is 0 Å². The fraction of sp³-hybridized carbons (Fsp3) is 0.391. The average molecular weight is 380 g/mol. The summed E-state index contributed by atoms with van der Waals surface area (Å²) in [6.45, 7) is 5.00. The molecule has 148 valence electrons. The molecule has 0 aromatic heterocycles. The molecule has 0 bridgehead atoms. The Morgan fingerprint density at radius 1 is 1.11 bits per heavy atom. The summed E-state index contributed by atoms with van der Waals surface area (Å²) in [6.07, 6.45) is 2.35. The molecule has 28 heavy (non-hydrogen) atoms. The minimum Gasteiger partial charge on any atom is -0.350 e. The second-order valence-electron chi connectivity index (χ2n) is 7.46. The summed E-state index contributed by atoms with van der Waals surface area (Å²) < 4.78 is 0. The van der Waals surface area contributed by atoms with Crippen LogP contribution in [0.2, 0.25) is 0 Å². The Balaban J connectivity index is 1.70. The van der Waals surface area contributed by atoms with E-state index in [2.05, 4.69) is 17.1 Å². The van der Waals surface area contributed by atoms with Crippen LogP contribution >= 0.6 is 0 Å². The lowest BCUT2D eigenvalue weighted by atomic mass is 9.98. The molecule has 1 saturated heterocycles. The SMILES string of the molecule is CCN1CCCC1CNC(=O)c1ccc(-c2ccccc2C(=O)N(C)C)cc1. The van der Waals surface area contributed by atoms with Crippen molar-refractivity contribution in [3.05, 3.63) is 59.7 Å². The molecular weight excluding hydrogens is 350 g/mol. The van der Waals surface area contributed by atoms with E-state index >= 15 is 0 Å². The van der Waals surface area contributed by atoms with Gasteiger partial charge in [-0.15, -0.1) is 0 Å². The van der Waals surface area contributed by atoms with E-state index in [4.69, 9.17) is 0 Å². The van der Waals surface area contributed by atoms with Gasteiger partial charge in [0.1, 0.15) is 0 Å². The number of rotatable bonds is 6. The van der Waals surface area contributed by atoms with E-state index in [1.807, 2.05) is 48.5 Å². The summed E-state index contributed by atoms with van der Waals surface area (Å²) in [4.78, 5) is 28.9. The molecule has 1 aliphatic heterocycles. The Morgan fingerprint density at radius 2 is 1.82 bits per heavy atom. The Hall–Kier alpha value is -2.66. The molecular formula is C23H29N3O2. The minimum absolute atomic E-state index is 0.0329. The van der Waals surface area contributed by atoms with Crippen molar-refractivity contribution in [2.45, 2.75) is 25.8 Å². The molecule has 2 aromatic rings. The van der Waals surface area contributed by atoms with Gasteiger partial charge in [0.05, 0.1) is 0 Å². The van der Waals surface area contributed by atoms with Crippen molar-refractivity contribution < 1.29 is 9.59 Å². The van der Waals surface area contributed by atoms with Gasteiger partial charge in [0.15, 0.2) is 0 Å². The third-order valence-corrected chi connectivity index (χ3v) is 5.43. The highest BCUT2D eigenvalue weighted by Gasteiger charge is 2.23. The average Bonchev–Trinajstić information content (AvgIpc) is 3.19. The van der Waals surface area contributed by atoms with Crippen LogP contribution in [-0.4, -0.2) is 61.4 Å². The first-order valence-corrected chi connectivity index (χ1v) is 9.94. The normalized spacial score (nSPS) is 16.8. The number of hydrogen-bond donors (Lipinski definition) is 1. The van der Waals surface area contributed by atoms with Gasteiger partial charge in [0, 0.05) is 37.8 Å². The first-order chi connectivity index (χ1) is 13.5. The summed E-state index contributed by atoms with van der Waals surface area (Å²) in [7, 11) is 3.49. The van der Waals surface area contributed by atoms with Gasteiger partial charge in [0.25, 0.3) is 11.8 Å². The van der Waals surface area contributed by atoms with Crippen molar-refractivity contribution in [3.63, 3.8) is 0 Å². The van der Waals surface area contributed by atoms with E-state index in [-0.39, 0.29) is 11.8 Å². The van der Waals surface area contributed by atoms with Crippen molar-refractivity contribution in [1.29, 1.82) is 0 Å². The van der Waals surface area contributed by atoms with Gasteiger partial charge >= 0.3 is 0 Å². The lowest BCUT2D eigenvalue weighted by Gasteiger charge is -2.22. The molecule has 1 aliphatic rings. The van der Waals surface area contributed by atoms with Gasteiger partial charge in [0.2, 0.25) is 0 Å². The van der Waals surface area contributed by atoms with Gasteiger partial charge < -0.3 is 10.2 Å². The highest BCUT2D eigenvalue weighted by Crippen LogP contribution is 2.25. The zero-order valence-corrected chi connectivity index (χ0v) is 16.9. The standard InChI is InChI=1S/C23H29N3O2/c1-4-26-15-7-8-19(26)16-24-22(27)18-13-11-17(12-14-18)20-9-5-6-10-21(20)23(28)25(2)3/h5-6,9-14,19H,4,7-8,15-16H2,1-3H3,(H,24,27). The van der Waals surface area contributed by atoms with Crippen molar-refractivity contribution in [2.75, 3.05) is 33.7 Å². The van der Waals surface area contributed by atoms with Gasteiger partial charge in [-0.1, -0.05) is 37.3 Å². The first kappa shape index (κ1) is 20.1. The fourth-order valence-corrected chi connectivity index (χ4v) is 3.82. The number of carbonyl (C=O) groups excluding carboxylic acids is 2. The molecule has 1 fully saturated rings. The Kier molecular flexibility index (Phi) is 6.47. The van der Waals surface area contributed by atoms with Crippen LogP contribution in [0.25, 0.3) is 11.1 Å². The predicted molar refractivity (Wildman–Crippen MR) is 112 cm³/mol. The van der Waals surface area contributed by atoms with Crippen molar-refractivity contribution in [1.82, 2.24) is 15.1 Å². The molecule has 1 heterocycles. The third-order valence-electron chi connectivity index (χ3n) is 5.43. The molecule has 0 aliphatic carbocycles. The van der Waals surface area contributed by atoms with E-state index in [9.17, 15) is 9.59 Å². The van der Waals surface area contributed by atoms with Crippen LogP contribution in [-0.2, 0) is 0 Å². The number of likely N-dealkylation sites (tertiary alicyclic amines) is 1. The first-order valence-electron chi connectivity index (χ1n) is 9.94. The maximum atomic E-state index is 12.5. The van der Waals surface area contributed by atoms with E-state index in [1.54, 1.807) is 19.0 Å². The molecule has 1 N–H and O–H groups in total. The van der Waals surface area contributed by atoms with E-state index in [0.29, 0.717) is 23.7 Å². The molecule has 0 radical (unpaired) electrons. The highest BCUT2D eigenvalue weighted by molar-refractivity contribution is 6.01. The Bertz CT molecular complexity index is 830. The summed E-state index contributed by atoms with van der Waals surface area (Å²) in [6, 6.07) is 15.5. The maximum Gasteiger partial charge on any atom is 0.253 e. The number of amides is 2. The topological polar surface area (TPSA) is 52.7 Å². The molecule has 3 rings (SSSR count). The second-order valence-corrected chi connectivity index (χ2v) is 7.46. The van der Waals surface area contributed by atoms with Gasteiger partial charge in [-0.3, -0.25) is 14.5 Å². The summed E-state index contributed by atoms with van der Waals surface area (Å²) in [5, 5.41) is 3.07. The zero-order chi connectivity index (χ0) is 20.1. The third kappa shape index (κ3) is 4.42. The van der Waals surface area contributed by atoms with Crippen molar-refractivity contribution >= 4 is 11.8 Å². The van der Waals surface area contributed by atoms with Crippen molar-refractivity contribution in [3.8, 4) is 11.1 Å². The Morgan fingerprint density at radius 3 is 2.50 bits per heavy atom. The summed E-state index contributed by atoms with van der Waals surface area (Å²) in [5.41, 5.74) is 3.10. The van der Waals surface area contributed by atoms with Crippen molar-refractivity contribution in [2.24, 2.45) is 0 Å². The molecule has 0 spiro atoms. The predicted octanol–water partition coefficient (Wildman–Crippen LogP) is 3.27. The quantitative estimate of drug-likeness (QED) is 0.838. The van der Waals surface area contributed by atoms with Crippen LogP contribution in [0, 0.1) is 0 Å². The number of benzene rings is 2. The van der Waals surface area contributed by atoms with Gasteiger partial charge in [-0.05, 0) is 55.3 Å². The smallest absolute Gasteiger partial charge is 0.253 e. The molecule has 1 atom stereocenters. The van der Waals surface area contributed by atoms with E-state index in [0.717, 1.165) is 30.6 Å². The highest BCUT2D eigenvalue weighted by atomic mass is 16.2. The minimum atomic E-state index is -0.0489. The van der Waals surface area contributed by atoms with Gasteiger partial charge in [-0.25, -0.2) is 0 Å². The number of nitrogens with one attached hydrogen (secondary N) is 1. The maximum absolute atomic E-state index is 12.5. The van der Waals surface area contributed by atoms with E-state index in [1.165, 1.54) is 6.42 Å². The monoisotopic (exact) mass is 379 g/mol. The molecule has 5 heteroatoms. The fourth-order valence-electron chi connectivity index (χ4n) is 3.82.